The molecule has 0 aliphatic carbocycles. The predicted molar refractivity (Wildman–Crippen MR) is 83.3 cm³/mol. The van der Waals surface area contributed by atoms with Crippen molar-refractivity contribution in [3.8, 4) is 0 Å². The first-order valence-electron chi connectivity index (χ1n) is 4.73. The van der Waals surface area contributed by atoms with E-state index in [1.807, 2.05) is 12.1 Å². The number of hydrogen-bond donors (Lipinski definition) is 2. The van der Waals surface area contributed by atoms with Gasteiger partial charge in [0, 0.05) is 9.89 Å². The Balaban J connectivity index is 0.00000225. The number of aliphatic imine (C=N–C) groups is 1. The van der Waals surface area contributed by atoms with Crippen LogP contribution in [0, 0.1) is 0 Å². The summed E-state index contributed by atoms with van der Waals surface area (Å²) in [7, 11) is 0. The molecular weight excluding hydrogens is 381 g/mol. The van der Waals surface area contributed by atoms with Crippen LogP contribution in [-0.2, 0) is 5.41 Å². The minimum Gasteiger partial charge on any atom is -0.370 e. The summed E-state index contributed by atoms with van der Waals surface area (Å²) in [4.78, 5) is 4.06. The van der Waals surface area contributed by atoms with E-state index in [2.05, 4.69) is 46.9 Å². The third-order valence-corrected chi connectivity index (χ3v) is 2.76. The van der Waals surface area contributed by atoms with E-state index < -0.39 is 0 Å². The van der Waals surface area contributed by atoms with Crippen LogP contribution < -0.4 is 11.5 Å². The molecule has 0 radical (unpaired) electrons. The normalized spacial score (nSPS) is 10.4. The van der Waals surface area contributed by atoms with Crippen LogP contribution in [0.2, 0.25) is 0 Å². The highest BCUT2D eigenvalue weighted by molar-refractivity contribution is 14.0. The Kier molecular flexibility index (Phi) is 6.32. The molecule has 16 heavy (non-hydrogen) atoms. The van der Waals surface area contributed by atoms with Crippen molar-refractivity contribution in [2.75, 3.05) is 6.54 Å². The van der Waals surface area contributed by atoms with Gasteiger partial charge in [-0.05, 0) is 17.7 Å². The number of benzene rings is 1. The summed E-state index contributed by atoms with van der Waals surface area (Å²) in [6.07, 6.45) is 0. The smallest absolute Gasteiger partial charge is 0.185 e. The molecule has 0 aliphatic rings. The summed E-state index contributed by atoms with van der Waals surface area (Å²) in [5.74, 6) is 0.137. The fraction of sp³-hybridized carbons (Fsp3) is 0.364. The van der Waals surface area contributed by atoms with Crippen molar-refractivity contribution >= 4 is 45.9 Å². The van der Waals surface area contributed by atoms with E-state index in [-0.39, 0.29) is 35.4 Å². The molecule has 0 aromatic heterocycles. The van der Waals surface area contributed by atoms with Crippen LogP contribution in [0.1, 0.15) is 19.4 Å². The molecule has 4 N–H and O–H groups in total. The van der Waals surface area contributed by atoms with Gasteiger partial charge in [0.15, 0.2) is 5.96 Å². The van der Waals surface area contributed by atoms with Crippen molar-refractivity contribution in [1.29, 1.82) is 0 Å². The predicted octanol–water partition coefficient (Wildman–Crippen LogP) is 2.62. The van der Waals surface area contributed by atoms with Crippen molar-refractivity contribution in [2.24, 2.45) is 16.5 Å². The average molecular weight is 398 g/mol. The Morgan fingerprint density at radius 3 is 2.50 bits per heavy atom. The van der Waals surface area contributed by atoms with Gasteiger partial charge in [-0.2, -0.15) is 0 Å². The second-order valence-electron chi connectivity index (χ2n) is 4.14. The van der Waals surface area contributed by atoms with Gasteiger partial charge in [0.25, 0.3) is 0 Å². The van der Waals surface area contributed by atoms with Crippen LogP contribution in [0.15, 0.2) is 33.7 Å². The number of nitrogens with zero attached hydrogens (tertiary/aromatic N) is 1. The molecule has 3 nitrogen and oxygen atoms in total. The molecule has 0 bridgehead atoms. The quantitative estimate of drug-likeness (QED) is 0.467. The second-order valence-corrected chi connectivity index (χ2v) is 5.05. The number of hydrogen-bond acceptors (Lipinski definition) is 1. The first kappa shape index (κ1) is 15.7. The van der Waals surface area contributed by atoms with Crippen LogP contribution in [-0.4, -0.2) is 12.5 Å². The second kappa shape index (κ2) is 6.44. The fourth-order valence-electron chi connectivity index (χ4n) is 1.29. The number of halogens is 2. The fourth-order valence-corrected chi connectivity index (χ4v) is 1.69. The highest BCUT2D eigenvalue weighted by Crippen LogP contribution is 2.25. The average Bonchev–Trinajstić information content (AvgIpc) is 2.15. The van der Waals surface area contributed by atoms with Crippen molar-refractivity contribution in [1.82, 2.24) is 0 Å². The van der Waals surface area contributed by atoms with E-state index in [1.165, 1.54) is 5.56 Å². The van der Waals surface area contributed by atoms with Gasteiger partial charge in [-0.15, -0.1) is 24.0 Å². The molecule has 0 saturated carbocycles. The molecule has 1 aromatic rings. The third-order valence-electron chi connectivity index (χ3n) is 2.26. The van der Waals surface area contributed by atoms with E-state index in [0.29, 0.717) is 6.54 Å². The topological polar surface area (TPSA) is 64.4 Å². The largest absolute Gasteiger partial charge is 0.370 e. The molecule has 0 amide bonds. The third kappa shape index (κ3) is 4.69. The maximum absolute atomic E-state index is 5.33. The van der Waals surface area contributed by atoms with Crippen LogP contribution in [0.25, 0.3) is 0 Å². The molecule has 0 fully saturated rings. The number of nitrogens with two attached hydrogens (primary N) is 2. The van der Waals surface area contributed by atoms with Gasteiger partial charge in [0.1, 0.15) is 0 Å². The van der Waals surface area contributed by atoms with E-state index in [9.17, 15) is 0 Å². The molecular formula is C11H17BrIN3. The first-order chi connectivity index (χ1) is 6.92. The summed E-state index contributed by atoms with van der Waals surface area (Å²) in [6, 6.07) is 8.17. The Labute approximate surface area is 122 Å². The summed E-state index contributed by atoms with van der Waals surface area (Å²) in [5.41, 5.74) is 11.8. The van der Waals surface area contributed by atoms with E-state index in [0.717, 1.165) is 4.47 Å². The lowest BCUT2D eigenvalue weighted by Crippen LogP contribution is -2.28. The lowest BCUT2D eigenvalue weighted by molar-refractivity contribution is 0.539. The van der Waals surface area contributed by atoms with Gasteiger partial charge in [-0.25, -0.2) is 0 Å². The maximum Gasteiger partial charge on any atom is 0.185 e. The van der Waals surface area contributed by atoms with Gasteiger partial charge >= 0.3 is 0 Å². The van der Waals surface area contributed by atoms with Gasteiger partial charge in [0.05, 0.1) is 6.54 Å². The zero-order chi connectivity index (χ0) is 11.5. The van der Waals surface area contributed by atoms with Crippen molar-refractivity contribution < 1.29 is 0 Å². The van der Waals surface area contributed by atoms with Crippen LogP contribution >= 0.6 is 39.9 Å². The first-order valence-corrected chi connectivity index (χ1v) is 5.52. The zero-order valence-corrected chi connectivity index (χ0v) is 13.3. The highest BCUT2D eigenvalue weighted by Gasteiger charge is 2.20. The molecule has 5 heteroatoms. The molecule has 0 unspecified atom stereocenters. The standard InChI is InChI=1S/C11H16BrN3.HI/c1-11(2,7-15-10(13)14)8-4-3-5-9(12)6-8;/h3-6H,7H2,1-2H3,(H4,13,14,15);1H. The Morgan fingerprint density at radius 2 is 2.00 bits per heavy atom. The lowest BCUT2D eigenvalue weighted by atomic mass is 9.85. The molecule has 0 saturated heterocycles. The summed E-state index contributed by atoms with van der Waals surface area (Å²) < 4.78 is 1.07. The summed E-state index contributed by atoms with van der Waals surface area (Å²) in [5, 5.41) is 0. The number of rotatable bonds is 3. The van der Waals surface area contributed by atoms with Gasteiger partial charge in [0.2, 0.25) is 0 Å². The summed E-state index contributed by atoms with van der Waals surface area (Å²) >= 11 is 3.45. The SMILES string of the molecule is CC(C)(CN=C(N)N)c1cccc(Br)c1.I. The molecule has 90 valence electrons. The molecule has 0 atom stereocenters. The Bertz CT molecular complexity index is 373. The summed E-state index contributed by atoms with van der Waals surface area (Å²) in [6.45, 7) is 4.81. The maximum atomic E-state index is 5.33. The Morgan fingerprint density at radius 1 is 1.38 bits per heavy atom. The molecule has 0 spiro atoms. The van der Waals surface area contributed by atoms with Crippen molar-refractivity contribution in [3.05, 3.63) is 34.3 Å². The van der Waals surface area contributed by atoms with Crippen LogP contribution in [0.4, 0.5) is 0 Å². The van der Waals surface area contributed by atoms with E-state index in [4.69, 9.17) is 11.5 Å². The monoisotopic (exact) mass is 397 g/mol. The van der Waals surface area contributed by atoms with Crippen molar-refractivity contribution in [3.63, 3.8) is 0 Å². The van der Waals surface area contributed by atoms with Gasteiger partial charge < -0.3 is 11.5 Å². The van der Waals surface area contributed by atoms with Crippen molar-refractivity contribution in [2.45, 2.75) is 19.3 Å². The number of guanidine groups is 1. The molecule has 1 rings (SSSR count). The van der Waals surface area contributed by atoms with Gasteiger partial charge in [-0.3, -0.25) is 4.99 Å². The molecule has 1 aromatic carbocycles. The van der Waals surface area contributed by atoms with Crippen LogP contribution in [0.5, 0.6) is 0 Å². The zero-order valence-electron chi connectivity index (χ0n) is 9.40. The molecule has 0 heterocycles. The van der Waals surface area contributed by atoms with E-state index >= 15 is 0 Å². The van der Waals surface area contributed by atoms with E-state index in [1.54, 1.807) is 0 Å². The minimum atomic E-state index is -0.0617. The lowest BCUT2D eigenvalue weighted by Gasteiger charge is -2.23. The van der Waals surface area contributed by atoms with Gasteiger partial charge in [-0.1, -0.05) is 41.9 Å². The van der Waals surface area contributed by atoms with Crippen LogP contribution in [0.3, 0.4) is 0 Å². The highest BCUT2D eigenvalue weighted by atomic mass is 127. The Hall–Kier alpha value is -0.300. The molecule has 0 aliphatic heterocycles. The minimum absolute atomic E-state index is 0.